The van der Waals surface area contributed by atoms with Crippen molar-refractivity contribution in [2.75, 3.05) is 38.1 Å². The van der Waals surface area contributed by atoms with Crippen molar-refractivity contribution < 1.29 is 22.7 Å². The highest BCUT2D eigenvalue weighted by Gasteiger charge is 2.37. The molecule has 4 bridgehead atoms. The van der Waals surface area contributed by atoms with Crippen LogP contribution in [0.4, 0.5) is 30.6 Å². The van der Waals surface area contributed by atoms with E-state index in [2.05, 4.69) is 15.3 Å². The molecule has 3 rings (SSSR count). The Balaban J connectivity index is 2.19. The molecule has 0 saturated carbocycles. The topological polar surface area (TPSA) is 70.6 Å². The Bertz CT molecular complexity index is 856. The van der Waals surface area contributed by atoms with Gasteiger partial charge >= 0.3 is 6.18 Å². The summed E-state index contributed by atoms with van der Waals surface area (Å²) in [6.07, 6.45) is -3.91. The Labute approximate surface area is 147 Å². The molecule has 10 heteroatoms. The summed E-state index contributed by atoms with van der Waals surface area (Å²) in [6.45, 7) is -0.0836. The Morgan fingerprint density at radius 2 is 1.96 bits per heavy atom. The van der Waals surface area contributed by atoms with E-state index in [9.17, 15) is 18.0 Å². The molecule has 0 aliphatic carbocycles. The highest BCUT2D eigenvalue weighted by atomic mass is 19.4. The van der Waals surface area contributed by atoms with Crippen LogP contribution in [0, 0.1) is 0 Å². The second-order valence-electron chi connectivity index (χ2n) is 5.81. The van der Waals surface area contributed by atoms with Gasteiger partial charge in [0.2, 0.25) is 5.95 Å². The quantitative estimate of drug-likeness (QED) is 0.836. The molecule has 26 heavy (non-hydrogen) atoms. The number of rotatable bonds is 1. The summed E-state index contributed by atoms with van der Waals surface area (Å²) < 4.78 is 45.2. The van der Waals surface area contributed by atoms with Gasteiger partial charge < -0.3 is 19.9 Å². The standard InChI is InChI=1S/C16H16F3N5O2/c1-23-8-24(2)14(25)9-4-5-12(26-3)11(6-9)21-15-20-7-10(13(23)22-15)16(17,18)19/h4-7H,8H2,1-3H3,(H,20,21,22). The van der Waals surface area contributed by atoms with Gasteiger partial charge in [-0.25, -0.2) is 4.98 Å². The Morgan fingerprint density at radius 1 is 1.23 bits per heavy atom. The lowest BCUT2D eigenvalue weighted by Gasteiger charge is -2.27. The van der Waals surface area contributed by atoms with Gasteiger partial charge in [-0.1, -0.05) is 0 Å². The molecule has 7 nitrogen and oxygen atoms in total. The van der Waals surface area contributed by atoms with Gasteiger partial charge in [-0.05, 0) is 18.2 Å². The summed E-state index contributed by atoms with van der Waals surface area (Å²) in [5.41, 5.74) is -0.249. The molecule has 0 unspecified atom stereocenters. The van der Waals surface area contributed by atoms with Crippen LogP contribution in [0.5, 0.6) is 5.75 Å². The van der Waals surface area contributed by atoms with Crippen molar-refractivity contribution in [1.29, 1.82) is 0 Å². The highest BCUT2D eigenvalue weighted by Crippen LogP contribution is 2.36. The number of alkyl halides is 3. The third-order valence-corrected chi connectivity index (χ3v) is 3.90. The van der Waals surface area contributed by atoms with E-state index >= 15 is 0 Å². The molecule has 1 N–H and O–H groups in total. The molecule has 1 aliphatic rings. The smallest absolute Gasteiger partial charge is 0.421 e. The number of aromatic nitrogens is 2. The first-order valence-corrected chi connectivity index (χ1v) is 7.56. The second kappa shape index (κ2) is 6.36. The maximum Gasteiger partial charge on any atom is 0.421 e. The predicted molar refractivity (Wildman–Crippen MR) is 88.7 cm³/mol. The van der Waals surface area contributed by atoms with Gasteiger partial charge in [0.05, 0.1) is 19.5 Å². The minimum atomic E-state index is -4.62. The lowest BCUT2D eigenvalue weighted by molar-refractivity contribution is -0.137. The van der Waals surface area contributed by atoms with Crippen molar-refractivity contribution in [2.45, 2.75) is 6.18 Å². The molecule has 0 radical (unpaired) electrons. The van der Waals surface area contributed by atoms with Crippen molar-refractivity contribution in [2.24, 2.45) is 0 Å². The first kappa shape index (κ1) is 17.8. The average molecular weight is 367 g/mol. The molecule has 2 heterocycles. The van der Waals surface area contributed by atoms with Gasteiger partial charge in [-0.3, -0.25) is 4.79 Å². The molecule has 1 amide bonds. The van der Waals surface area contributed by atoms with Crippen LogP contribution >= 0.6 is 0 Å². The van der Waals surface area contributed by atoms with E-state index in [1.807, 2.05) is 0 Å². The molecule has 1 aromatic carbocycles. The molecule has 0 spiro atoms. The van der Waals surface area contributed by atoms with Gasteiger partial charge in [-0.15, -0.1) is 0 Å². The van der Waals surface area contributed by atoms with Crippen molar-refractivity contribution >= 4 is 23.4 Å². The third-order valence-electron chi connectivity index (χ3n) is 3.90. The number of methoxy groups -OCH3 is 1. The van der Waals surface area contributed by atoms with Crippen LogP contribution in [0.3, 0.4) is 0 Å². The number of amides is 1. The minimum Gasteiger partial charge on any atom is -0.495 e. The monoisotopic (exact) mass is 367 g/mol. The van der Waals surface area contributed by atoms with Crippen molar-refractivity contribution in [3.63, 3.8) is 0 Å². The molecule has 0 saturated heterocycles. The van der Waals surface area contributed by atoms with Crippen LogP contribution in [-0.4, -0.2) is 48.6 Å². The van der Waals surface area contributed by atoms with Gasteiger partial charge in [0.25, 0.3) is 5.91 Å². The number of anilines is 3. The molecular formula is C16H16F3N5O2. The zero-order valence-electron chi connectivity index (χ0n) is 14.3. The number of carbonyl (C=O) groups is 1. The molecule has 1 aliphatic heterocycles. The van der Waals surface area contributed by atoms with E-state index < -0.39 is 11.7 Å². The maximum atomic E-state index is 13.3. The number of fused-ring (bicyclic) bond motifs is 4. The Morgan fingerprint density at radius 3 is 2.62 bits per heavy atom. The molecule has 2 aromatic rings. The van der Waals surface area contributed by atoms with Crippen molar-refractivity contribution in [1.82, 2.24) is 14.9 Å². The van der Waals surface area contributed by atoms with E-state index in [1.165, 1.54) is 31.0 Å². The van der Waals surface area contributed by atoms with Gasteiger partial charge in [0.1, 0.15) is 17.1 Å². The van der Waals surface area contributed by atoms with Crippen LogP contribution in [0.2, 0.25) is 0 Å². The van der Waals surface area contributed by atoms with Gasteiger partial charge in [0.15, 0.2) is 0 Å². The van der Waals surface area contributed by atoms with Crippen LogP contribution in [0.15, 0.2) is 24.4 Å². The van der Waals surface area contributed by atoms with E-state index in [1.54, 1.807) is 18.2 Å². The first-order valence-electron chi connectivity index (χ1n) is 7.56. The summed E-state index contributed by atoms with van der Waals surface area (Å²) in [6, 6.07) is 4.72. The number of nitrogens with zero attached hydrogens (tertiary/aromatic N) is 4. The highest BCUT2D eigenvalue weighted by molar-refractivity contribution is 5.96. The van der Waals surface area contributed by atoms with E-state index in [4.69, 9.17) is 4.74 Å². The van der Waals surface area contributed by atoms with Crippen molar-refractivity contribution in [3.8, 4) is 5.75 Å². The number of ether oxygens (including phenoxy) is 1. The first-order chi connectivity index (χ1) is 12.2. The Kier molecular flexibility index (Phi) is 4.34. The summed E-state index contributed by atoms with van der Waals surface area (Å²) in [5.74, 6) is -0.308. The second-order valence-corrected chi connectivity index (χ2v) is 5.81. The minimum absolute atomic E-state index is 0.0349. The fraction of sp³-hybridized carbons (Fsp3) is 0.312. The molecule has 0 fully saturated rings. The number of nitrogens with one attached hydrogen (secondary N) is 1. The van der Waals surface area contributed by atoms with Gasteiger partial charge in [0, 0.05) is 25.9 Å². The van der Waals surface area contributed by atoms with Crippen LogP contribution in [0.25, 0.3) is 0 Å². The third kappa shape index (κ3) is 3.22. The van der Waals surface area contributed by atoms with Gasteiger partial charge in [-0.2, -0.15) is 18.2 Å². The largest absolute Gasteiger partial charge is 0.495 e. The average Bonchev–Trinajstić information content (AvgIpc) is 2.59. The van der Waals surface area contributed by atoms with Crippen LogP contribution in [0.1, 0.15) is 15.9 Å². The molecular weight excluding hydrogens is 351 g/mol. The van der Waals surface area contributed by atoms with Crippen molar-refractivity contribution in [3.05, 3.63) is 35.5 Å². The molecule has 0 atom stereocenters. The van der Waals surface area contributed by atoms with E-state index in [-0.39, 0.29) is 24.3 Å². The molecule has 1 aromatic heterocycles. The van der Waals surface area contributed by atoms with E-state index in [0.29, 0.717) is 17.0 Å². The molecule has 138 valence electrons. The summed E-state index contributed by atoms with van der Waals surface area (Å²) >= 11 is 0. The lowest BCUT2D eigenvalue weighted by atomic mass is 10.1. The SMILES string of the molecule is COc1ccc2cc1Nc1ncc(C(F)(F)F)c(n1)N(C)CN(C)C2=O. The number of benzene rings is 1. The number of hydrogen-bond acceptors (Lipinski definition) is 6. The summed E-state index contributed by atoms with van der Waals surface area (Å²) in [5, 5.41) is 2.82. The zero-order valence-corrected chi connectivity index (χ0v) is 14.3. The maximum absolute atomic E-state index is 13.3. The van der Waals surface area contributed by atoms with Crippen LogP contribution < -0.4 is 15.0 Å². The fourth-order valence-electron chi connectivity index (χ4n) is 2.65. The van der Waals surface area contributed by atoms with Crippen LogP contribution in [-0.2, 0) is 6.18 Å². The number of carbonyl (C=O) groups excluding carboxylic acids is 1. The summed E-state index contributed by atoms with van der Waals surface area (Å²) in [7, 11) is 4.38. The fourth-order valence-corrected chi connectivity index (χ4v) is 2.65. The normalized spacial score (nSPS) is 14.6. The van der Waals surface area contributed by atoms with E-state index in [0.717, 1.165) is 6.20 Å². The summed E-state index contributed by atoms with van der Waals surface area (Å²) in [4.78, 5) is 22.9. The Hall–Kier alpha value is -3.04. The number of halogens is 3. The lowest BCUT2D eigenvalue weighted by Crippen LogP contribution is -2.38. The predicted octanol–water partition coefficient (Wildman–Crippen LogP) is 2.73. The number of hydrogen-bond donors (Lipinski definition) is 1. The zero-order chi connectivity index (χ0) is 19.1.